The molecule has 1 unspecified atom stereocenters. The zero-order chi connectivity index (χ0) is 22.1. The first kappa shape index (κ1) is 20.4. The van der Waals surface area contributed by atoms with Gasteiger partial charge >= 0.3 is 0 Å². The second kappa shape index (κ2) is 8.57. The summed E-state index contributed by atoms with van der Waals surface area (Å²) in [5.74, 6) is 0.316. The van der Waals surface area contributed by atoms with Crippen LogP contribution in [0.4, 0.5) is 4.39 Å². The SMILES string of the molecule is C[C@@H]1CC(Cn2ccc3cc(-c4cn[nH]c4)cnc32)CN1C(=O)CCc1ccc(F)cc1. The molecule has 1 aliphatic heterocycles. The van der Waals surface area contributed by atoms with Crippen LogP contribution < -0.4 is 0 Å². The van der Waals surface area contributed by atoms with Gasteiger partial charge in [-0.15, -0.1) is 0 Å². The number of hydrogen-bond acceptors (Lipinski definition) is 3. The lowest BCUT2D eigenvalue weighted by atomic mass is 10.1. The number of nitrogens with one attached hydrogen (secondary N) is 1. The van der Waals surface area contributed by atoms with Crippen molar-refractivity contribution in [3.63, 3.8) is 0 Å². The Labute approximate surface area is 186 Å². The van der Waals surface area contributed by atoms with E-state index in [9.17, 15) is 9.18 Å². The van der Waals surface area contributed by atoms with Gasteiger partial charge in [0.05, 0.1) is 6.20 Å². The van der Waals surface area contributed by atoms with E-state index in [0.29, 0.717) is 18.8 Å². The number of aryl methyl sites for hydroxylation is 1. The van der Waals surface area contributed by atoms with Gasteiger partial charge in [-0.3, -0.25) is 9.89 Å². The summed E-state index contributed by atoms with van der Waals surface area (Å²) in [6.45, 7) is 3.73. The van der Waals surface area contributed by atoms with Crippen molar-refractivity contribution in [2.75, 3.05) is 6.54 Å². The second-order valence-electron chi connectivity index (χ2n) is 8.72. The van der Waals surface area contributed by atoms with E-state index in [-0.39, 0.29) is 17.8 Å². The number of halogens is 1. The molecule has 2 atom stereocenters. The molecule has 1 aromatic carbocycles. The Hall–Kier alpha value is -3.48. The number of pyridine rings is 1. The fourth-order valence-electron chi connectivity index (χ4n) is 4.74. The minimum Gasteiger partial charge on any atom is -0.340 e. The van der Waals surface area contributed by atoms with Crippen molar-refractivity contribution >= 4 is 16.9 Å². The van der Waals surface area contributed by atoms with Crippen LogP contribution in [0, 0.1) is 11.7 Å². The van der Waals surface area contributed by atoms with Gasteiger partial charge in [-0.05, 0) is 55.5 Å². The number of carbonyl (C=O) groups excluding carboxylic acids is 1. The number of H-pyrrole nitrogens is 1. The molecule has 0 bridgehead atoms. The van der Waals surface area contributed by atoms with Crippen LogP contribution in [0.1, 0.15) is 25.3 Å². The van der Waals surface area contributed by atoms with Crippen molar-refractivity contribution in [2.45, 2.75) is 38.8 Å². The summed E-state index contributed by atoms with van der Waals surface area (Å²) in [5.41, 5.74) is 4.01. The molecule has 4 heterocycles. The number of fused-ring (bicyclic) bond motifs is 1. The van der Waals surface area contributed by atoms with Crippen molar-refractivity contribution in [3.05, 3.63) is 72.6 Å². The van der Waals surface area contributed by atoms with Gasteiger partial charge < -0.3 is 9.47 Å². The van der Waals surface area contributed by atoms with Gasteiger partial charge in [-0.1, -0.05) is 12.1 Å². The molecule has 5 rings (SSSR count). The molecule has 3 aromatic heterocycles. The van der Waals surface area contributed by atoms with Crippen molar-refractivity contribution in [3.8, 4) is 11.1 Å². The van der Waals surface area contributed by atoms with Crippen molar-refractivity contribution in [2.24, 2.45) is 5.92 Å². The smallest absolute Gasteiger partial charge is 0.223 e. The van der Waals surface area contributed by atoms with Gasteiger partial charge in [0.1, 0.15) is 11.5 Å². The third-order valence-corrected chi connectivity index (χ3v) is 6.41. The molecule has 1 saturated heterocycles. The minimum atomic E-state index is -0.249. The fourth-order valence-corrected chi connectivity index (χ4v) is 4.74. The highest BCUT2D eigenvalue weighted by Crippen LogP contribution is 2.28. The van der Waals surface area contributed by atoms with Crippen LogP contribution in [0.25, 0.3) is 22.2 Å². The standard InChI is InChI=1S/C25H26FN5O/c1-17-10-19(16-31(17)24(32)7-4-18-2-5-23(26)6-3-18)15-30-9-8-20-11-21(12-27-25(20)30)22-13-28-29-14-22/h2-3,5-6,8-9,11-14,17,19H,4,7,10,15-16H2,1H3,(H,28,29)/t17-,19?/m1/s1. The van der Waals surface area contributed by atoms with Crippen LogP contribution in [-0.2, 0) is 17.8 Å². The van der Waals surface area contributed by atoms with Crippen molar-refractivity contribution < 1.29 is 9.18 Å². The monoisotopic (exact) mass is 431 g/mol. The number of aromatic amines is 1. The normalized spacial score (nSPS) is 18.5. The summed E-state index contributed by atoms with van der Waals surface area (Å²) < 4.78 is 15.3. The topological polar surface area (TPSA) is 66.8 Å². The molecule has 7 heteroatoms. The summed E-state index contributed by atoms with van der Waals surface area (Å²) in [6, 6.07) is 10.8. The van der Waals surface area contributed by atoms with Gasteiger partial charge in [-0.25, -0.2) is 9.37 Å². The number of likely N-dealkylation sites (tertiary alicyclic amines) is 1. The molecule has 0 spiro atoms. The first-order valence-corrected chi connectivity index (χ1v) is 11.0. The zero-order valence-corrected chi connectivity index (χ0v) is 18.0. The molecule has 1 N–H and O–H groups in total. The molecule has 0 aliphatic carbocycles. The molecule has 32 heavy (non-hydrogen) atoms. The third-order valence-electron chi connectivity index (χ3n) is 6.41. The lowest BCUT2D eigenvalue weighted by Gasteiger charge is -2.21. The summed E-state index contributed by atoms with van der Waals surface area (Å²) in [4.78, 5) is 19.5. The van der Waals surface area contributed by atoms with Crippen molar-refractivity contribution in [1.82, 2.24) is 24.6 Å². The van der Waals surface area contributed by atoms with E-state index in [4.69, 9.17) is 4.98 Å². The Balaban J connectivity index is 1.22. The molecule has 1 amide bonds. The molecular weight excluding hydrogens is 405 g/mol. The van der Waals surface area contributed by atoms with Gasteiger partial charge in [0.25, 0.3) is 0 Å². The largest absolute Gasteiger partial charge is 0.340 e. The number of nitrogens with zero attached hydrogens (tertiary/aromatic N) is 4. The van der Waals surface area contributed by atoms with Crippen LogP contribution >= 0.6 is 0 Å². The Kier molecular flexibility index (Phi) is 5.47. The lowest BCUT2D eigenvalue weighted by molar-refractivity contribution is -0.131. The fraction of sp³-hybridized carbons (Fsp3) is 0.320. The highest BCUT2D eigenvalue weighted by molar-refractivity contribution is 5.81. The van der Waals surface area contributed by atoms with Crippen LogP contribution in [-0.4, -0.2) is 43.1 Å². The van der Waals surface area contributed by atoms with Crippen molar-refractivity contribution in [1.29, 1.82) is 0 Å². The van der Waals surface area contributed by atoms with Gasteiger partial charge in [0.15, 0.2) is 0 Å². The van der Waals surface area contributed by atoms with E-state index in [2.05, 4.69) is 40.0 Å². The van der Waals surface area contributed by atoms with E-state index in [1.165, 1.54) is 12.1 Å². The average molecular weight is 432 g/mol. The lowest BCUT2D eigenvalue weighted by Crippen LogP contribution is -2.34. The quantitative estimate of drug-likeness (QED) is 0.491. The highest BCUT2D eigenvalue weighted by atomic mass is 19.1. The van der Waals surface area contributed by atoms with E-state index in [0.717, 1.165) is 47.2 Å². The number of rotatable bonds is 6. The molecular formula is C25H26FN5O. The Bertz CT molecular complexity index is 1220. The maximum Gasteiger partial charge on any atom is 0.223 e. The van der Waals surface area contributed by atoms with E-state index in [1.807, 2.05) is 17.3 Å². The Morgan fingerprint density at radius 1 is 1.19 bits per heavy atom. The van der Waals surface area contributed by atoms with Crippen LogP contribution in [0.5, 0.6) is 0 Å². The Morgan fingerprint density at radius 3 is 2.81 bits per heavy atom. The van der Waals surface area contributed by atoms with Crippen LogP contribution in [0.15, 0.2) is 61.2 Å². The van der Waals surface area contributed by atoms with E-state index < -0.39 is 0 Å². The molecule has 1 fully saturated rings. The number of hydrogen-bond donors (Lipinski definition) is 1. The highest BCUT2D eigenvalue weighted by Gasteiger charge is 2.32. The summed E-state index contributed by atoms with van der Waals surface area (Å²) in [5, 5.41) is 7.95. The van der Waals surface area contributed by atoms with Gasteiger partial charge in [0, 0.05) is 60.7 Å². The number of aromatic nitrogens is 4. The summed E-state index contributed by atoms with van der Waals surface area (Å²) in [7, 11) is 0. The van der Waals surface area contributed by atoms with Gasteiger partial charge in [-0.2, -0.15) is 5.10 Å². The molecule has 6 nitrogen and oxygen atoms in total. The van der Waals surface area contributed by atoms with E-state index in [1.54, 1.807) is 18.3 Å². The maximum atomic E-state index is 13.1. The molecule has 4 aromatic rings. The van der Waals surface area contributed by atoms with Gasteiger partial charge in [0.2, 0.25) is 5.91 Å². The molecule has 164 valence electrons. The first-order valence-electron chi connectivity index (χ1n) is 11.0. The second-order valence-corrected chi connectivity index (χ2v) is 8.72. The third kappa shape index (κ3) is 4.15. The molecule has 0 radical (unpaired) electrons. The average Bonchev–Trinajstić information content (AvgIpc) is 3.54. The Morgan fingerprint density at radius 2 is 2.03 bits per heavy atom. The molecule has 0 saturated carbocycles. The van der Waals surface area contributed by atoms with Crippen LogP contribution in [0.3, 0.4) is 0 Å². The zero-order valence-electron chi connectivity index (χ0n) is 18.0. The molecule has 1 aliphatic rings. The first-order chi connectivity index (χ1) is 15.6. The predicted molar refractivity (Wildman–Crippen MR) is 121 cm³/mol. The van der Waals surface area contributed by atoms with Crippen LogP contribution in [0.2, 0.25) is 0 Å². The summed E-state index contributed by atoms with van der Waals surface area (Å²) in [6.07, 6.45) is 9.69. The predicted octanol–water partition coefficient (Wildman–Crippen LogP) is 4.44. The van der Waals surface area contributed by atoms with E-state index >= 15 is 0 Å². The summed E-state index contributed by atoms with van der Waals surface area (Å²) >= 11 is 0. The number of carbonyl (C=O) groups is 1. The maximum absolute atomic E-state index is 13.1. The number of amides is 1. The minimum absolute atomic E-state index is 0.171. The number of benzene rings is 1.